The van der Waals surface area contributed by atoms with Gasteiger partial charge in [0.05, 0.1) is 23.8 Å². The number of ether oxygens (including phenoxy) is 1. The average Bonchev–Trinajstić information content (AvgIpc) is 2.62. The van der Waals surface area contributed by atoms with E-state index in [1.54, 1.807) is 0 Å². The molecule has 0 saturated carbocycles. The Bertz CT molecular complexity index is 301. The zero-order valence-corrected chi connectivity index (χ0v) is 13.7. The Labute approximate surface area is 119 Å². The maximum Gasteiger partial charge on any atom is 0.0838 e. The van der Waals surface area contributed by atoms with Crippen molar-refractivity contribution >= 4 is 0 Å². The minimum atomic E-state index is -0.136. The summed E-state index contributed by atoms with van der Waals surface area (Å²) in [5.74, 6) is 1.10. The van der Waals surface area contributed by atoms with E-state index in [4.69, 9.17) is 4.74 Å². The molecule has 3 heteroatoms. The fourth-order valence-electron chi connectivity index (χ4n) is 3.57. The first-order valence-corrected chi connectivity index (χ1v) is 7.44. The molecule has 0 radical (unpaired) electrons. The smallest absolute Gasteiger partial charge is 0.0838 e. The van der Waals surface area contributed by atoms with Crippen molar-refractivity contribution in [1.29, 1.82) is 0 Å². The van der Waals surface area contributed by atoms with Crippen LogP contribution >= 0.6 is 0 Å². The molecule has 0 aromatic rings. The zero-order chi connectivity index (χ0) is 14.8. The van der Waals surface area contributed by atoms with E-state index < -0.39 is 0 Å². The van der Waals surface area contributed by atoms with Crippen LogP contribution in [0, 0.1) is 11.8 Å². The highest BCUT2D eigenvalue weighted by molar-refractivity contribution is 5.21. The van der Waals surface area contributed by atoms with Crippen molar-refractivity contribution in [3.8, 4) is 0 Å². The van der Waals surface area contributed by atoms with Gasteiger partial charge in [-0.3, -0.25) is 4.90 Å². The average molecular weight is 268 g/mol. The van der Waals surface area contributed by atoms with Crippen molar-refractivity contribution in [2.45, 2.75) is 57.9 Å². The maximum absolute atomic E-state index is 6.43. The topological polar surface area (TPSA) is 24.5 Å². The number of likely N-dealkylation sites (N-methyl/N-ethyl adjacent to an activating group) is 2. The zero-order valence-electron chi connectivity index (χ0n) is 13.7. The molecule has 0 bridgehead atoms. The monoisotopic (exact) mass is 268 g/mol. The van der Waals surface area contributed by atoms with Gasteiger partial charge in [0.2, 0.25) is 0 Å². The molecule has 1 fully saturated rings. The van der Waals surface area contributed by atoms with E-state index in [1.807, 2.05) is 7.05 Å². The van der Waals surface area contributed by atoms with Gasteiger partial charge in [0.1, 0.15) is 0 Å². The molecule has 1 heterocycles. The Morgan fingerprint density at radius 1 is 1.32 bits per heavy atom. The van der Waals surface area contributed by atoms with Gasteiger partial charge in [-0.1, -0.05) is 33.8 Å². The third-order valence-corrected chi connectivity index (χ3v) is 4.37. The Morgan fingerprint density at radius 2 is 1.89 bits per heavy atom. The quantitative estimate of drug-likeness (QED) is 0.749. The molecule has 0 aromatic heterocycles. The fourth-order valence-corrected chi connectivity index (χ4v) is 3.57. The summed E-state index contributed by atoms with van der Waals surface area (Å²) >= 11 is 0. The first-order valence-electron chi connectivity index (χ1n) is 7.44. The highest BCUT2D eigenvalue weighted by atomic mass is 16.5. The largest absolute Gasteiger partial charge is 0.371 e. The van der Waals surface area contributed by atoms with E-state index in [2.05, 4.69) is 64.7 Å². The number of hydrogen-bond acceptors (Lipinski definition) is 3. The van der Waals surface area contributed by atoms with E-state index >= 15 is 0 Å². The summed E-state index contributed by atoms with van der Waals surface area (Å²) in [5, 5.41) is 3.49. The van der Waals surface area contributed by atoms with Crippen molar-refractivity contribution in [2.75, 3.05) is 21.1 Å². The van der Waals surface area contributed by atoms with Crippen LogP contribution in [0.15, 0.2) is 12.7 Å². The van der Waals surface area contributed by atoms with E-state index in [0.29, 0.717) is 11.8 Å². The van der Waals surface area contributed by atoms with Crippen LogP contribution in [0.5, 0.6) is 0 Å². The van der Waals surface area contributed by atoms with Crippen LogP contribution in [-0.4, -0.2) is 49.8 Å². The van der Waals surface area contributed by atoms with E-state index in [-0.39, 0.29) is 23.8 Å². The Kier molecular flexibility index (Phi) is 5.60. The lowest BCUT2D eigenvalue weighted by molar-refractivity contribution is -0.0211. The van der Waals surface area contributed by atoms with Crippen LogP contribution in [0.4, 0.5) is 0 Å². The molecular formula is C16H32N2O. The molecule has 0 aromatic carbocycles. The Morgan fingerprint density at radius 3 is 2.21 bits per heavy atom. The van der Waals surface area contributed by atoms with Gasteiger partial charge < -0.3 is 10.1 Å². The minimum Gasteiger partial charge on any atom is -0.371 e. The van der Waals surface area contributed by atoms with Gasteiger partial charge in [-0.05, 0) is 39.4 Å². The predicted octanol–water partition coefficient (Wildman–Crippen LogP) is 2.53. The van der Waals surface area contributed by atoms with Gasteiger partial charge in [0, 0.05) is 0 Å². The third kappa shape index (κ3) is 2.88. The minimum absolute atomic E-state index is 0.136. The predicted molar refractivity (Wildman–Crippen MR) is 82.4 cm³/mol. The molecule has 1 N–H and O–H groups in total. The van der Waals surface area contributed by atoms with Crippen molar-refractivity contribution in [3.63, 3.8) is 0 Å². The van der Waals surface area contributed by atoms with Crippen LogP contribution in [-0.2, 0) is 4.74 Å². The summed E-state index contributed by atoms with van der Waals surface area (Å²) in [6.07, 6.45) is 3.59. The number of nitrogens with zero attached hydrogens (tertiary/aromatic N) is 1. The summed E-state index contributed by atoms with van der Waals surface area (Å²) in [4.78, 5) is 2.27. The molecule has 0 unspecified atom stereocenters. The van der Waals surface area contributed by atoms with Crippen LogP contribution < -0.4 is 5.32 Å². The second-order valence-electron chi connectivity index (χ2n) is 6.72. The lowest BCUT2D eigenvalue weighted by Gasteiger charge is -2.43. The molecule has 0 amide bonds. The second kappa shape index (κ2) is 6.38. The van der Waals surface area contributed by atoms with Gasteiger partial charge in [-0.2, -0.15) is 0 Å². The number of rotatable bonds is 6. The highest BCUT2D eigenvalue weighted by Crippen LogP contribution is 2.41. The van der Waals surface area contributed by atoms with Crippen LogP contribution in [0.25, 0.3) is 0 Å². The summed E-state index contributed by atoms with van der Waals surface area (Å²) in [5.41, 5.74) is -0.136. The lowest BCUT2D eigenvalue weighted by atomic mass is 9.78. The van der Waals surface area contributed by atoms with Gasteiger partial charge in [-0.25, -0.2) is 0 Å². The molecule has 19 heavy (non-hydrogen) atoms. The van der Waals surface area contributed by atoms with Gasteiger partial charge in [-0.15, -0.1) is 6.58 Å². The lowest BCUT2D eigenvalue weighted by Crippen LogP contribution is -2.62. The van der Waals surface area contributed by atoms with E-state index in [1.165, 1.54) is 0 Å². The molecule has 1 aliphatic rings. The normalized spacial score (nSPS) is 35.6. The first-order chi connectivity index (χ1) is 8.81. The maximum atomic E-state index is 6.43. The summed E-state index contributed by atoms with van der Waals surface area (Å²) in [6, 6.07) is 0.287. The van der Waals surface area contributed by atoms with Crippen LogP contribution in [0.3, 0.4) is 0 Å². The molecule has 0 aliphatic carbocycles. The molecule has 0 spiro atoms. The van der Waals surface area contributed by atoms with E-state index in [0.717, 1.165) is 6.42 Å². The summed E-state index contributed by atoms with van der Waals surface area (Å²) in [6.45, 7) is 13.1. The molecule has 1 aliphatic heterocycles. The Hall–Kier alpha value is -0.380. The SMILES string of the molecule is C=C[C@]1(N(C)C)[C@H](C(C)C)O[C@H](CC(C)C)[C@@H]1NC. The van der Waals surface area contributed by atoms with E-state index in [9.17, 15) is 0 Å². The standard InChI is InChI=1S/C16H32N2O/c1-9-16(18(7)8)14(17-6)13(10-11(2)3)19-15(16)12(4)5/h9,11-15,17H,1,10H2,2-8H3/t13-,14+,15+,16-/m1/s1. The van der Waals surface area contributed by atoms with Crippen molar-refractivity contribution in [2.24, 2.45) is 11.8 Å². The molecule has 4 atom stereocenters. The summed E-state index contributed by atoms with van der Waals surface area (Å²) < 4.78 is 6.43. The molecule has 3 nitrogen and oxygen atoms in total. The fraction of sp³-hybridized carbons (Fsp3) is 0.875. The van der Waals surface area contributed by atoms with Gasteiger partial charge in [0.15, 0.2) is 0 Å². The number of nitrogens with one attached hydrogen (secondary N) is 1. The van der Waals surface area contributed by atoms with Gasteiger partial charge >= 0.3 is 0 Å². The molecule has 1 saturated heterocycles. The van der Waals surface area contributed by atoms with Crippen molar-refractivity contribution in [1.82, 2.24) is 10.2 Å². The second-order valence-corrected chi connectivity index (χ2v) is 6.72. The molecule has 1 rings (SSSR count). The Balaban J connectivity index is 3.17. The first kappa shape index (κ1) is 16.7. The number of hydrogen-bond donors (Lipinski definition) is 1. The molecule has 112 valence electrons. The third-order valence-electron chi connectivity index (χ3n) is 4.37. The van der Waals surface area contributed by atoms with Crippen molar-refractivity contribution in [3.05, 3.63) is 12.7 Å². The highest BCUT2D eigenvalue weighted by Gasteiger charge is 2.56. The van der Waals surface area contributed by atoms with Crippen molar-refractivity contribution < 1.29 is 4.74 Å². The van der Waals surface area contributed by atoms with Gasteiger partial charge in [0.25, 0.3) is 0 Å². The summed E-state index contributed by atoms with van der Waals surface area (Å²) in [7, 11) is 6.29. The van der Waals surface area contributed by atoms with Crippen LogP contribution in [0.2, 0.25) is 0 Å². The van der Waals surface area contributed by atoms with Crippen LogP contribution in [0.1, 0.15) is 34.1 Å². The molecular weight excluding hydrogens is 236 g/mol.